The lowest BCUT2D eigenvalue weighted by Crippen LogP contribution is -2.27. The topological polar surface area (TPSA) is 38.3 Å². The standard InChI is InChI=1S/C14H20BrNO2/c1-10(2)9-18-5-4-16-14(17)12-6-11(3)7-13(15)8-12/h6-8,10H,4-5,9H2,1-3H3,(H,16,17). The molecule has 0 saturated heterocycles. The molecule has 0 radical (unpaired) electrons. The van der Waals surface area contributed by atoms with Crippen LogP contribution in [0, 0.1) is 12.8 Å². The fourth-order valence-corrected chi connectivity index (χ4v) is 2.13. The van der Waals surface area contributed by atoms with Crippen LogP contribution in [-0.2, 0) is 4.74 Å². The maximum absolute atomic E-state index is 11.9. The molecule has 0 saturated carbocycles. The molecule has 3 nitrogen and oxygen atoms in total. The summed E-state index contributed by atoms with van der Waals surface area (Å²) in [7, 11) is 0. The number of carbonyl (C=O) groups is 1. The summed E-state index contributed by atoms with van der Waals surface area (Å²) in [6.45, 7) is 7.98. The fraction of sp³-hybridized carbons (Fsp3) is 0.500. The van der Waals surface area contributed by atoms with E-state index in [-0.39, 0.29) is 5.91 Å². The number of halogens is 1. The van der Waals surface area contributed by atoms with Gasteiger partial charge in [-0.05, 0) is 36.6 Å². The molecule has 1 amide bonds. The van der Waals surface area contributed by atoms with Crippen LogP contribution in [0.4, 0.5) is 0 Å². The molecule has 0 fully saturated rings. The first kappa shape index (κ1) is 15.2. The summed E-state index contributed by atoms with van der Waals surface area (Å²) in [6, 6.07) is 5.66. The van der Waals surface area contributed by atoms with Gasteiger partial charge in [-0.2, -0.15) is 0 Å². The predicted octanol–water partition coefficient (Wildman–Crippen LogP) is 3.16. The molecular formula is C14H20BrNO2. The van der Waals surface area contributed by atoms with Gasteiger partial charge in [-0.3, -0.25) is 4.79 Å². The third kappa shape index (κ3) is 5.65. The van der Waals surface area contributed by atoms with E-state index in [4.69, 9.17) is 4.74 Å². The minimum absolute atomic E-state index is 0.0625. The molecule has 0 aliphatic carbocycles. The average Bonchev–Trinajstić information content (AvgIpc) is 2.26. The van der Waals surface area contributed by atoms with E-state index in [1.54, 1.807) is 0 Å². The Hall–Kier alpha value is -0.870. The first-order valence-corrected chi connectivity index (χ1v) is 6.91. The van der Waals surface area contributed by atoms with Crippen LogP contribution in [0.25, 0.3) is 0 Å². The van der Waals surface area contributed by atoms with E-state index in [9.17, 15) is 4.79 Å². The first-order chi connectivity index (χ1) is 8.49. The number of amides is 1. The van der Waals surface area contributed by atoms with Crippen LogP contribution in [-0.4, -0.2) is 25.7 Å². The maximum atomic E-state index is 11.9. The van der Waals surface area contributed by atoms with Crippen molar-refractivity contribution in [3.63, 3.8) is 0 Å². The summed E-state index contributed by atoms with van der Waals surface area (Å²) in [4.78, 5) is 11.9. The lowest BCUT2D eigenvalue weighted by molar-refractivity contribution is 0.0886. The van der Waals surface area contributed by atoms with Crippen LogP contribution < -0.4 is 5.32 Å². The maximum Gasteiger partial charge on any atom is 0.251 e. The molecule has 100 valence electrons. The van der Waals surface area contributed by atoms with Crippen molar-refractivity contribution in [3.8, 4) is 0 Å². The number of rotatable bonds is 6. The predicted molar refractivity (Wildman–Crippen MR) is 76.9 cm³/mol. The molecule has 1 rings (SSSR count). The van der Waals surface area contributed by atoms with Crippen molar-refractivity contribution in [2.45, 2.75) is 20.8 Å². The fourth-order valence-electron chi connectivity index (χ4n) is 1.53. The zero-order valence-electron chi connectivity index (χ0n) is 11.1. The summed E-state index contributed by atoms with van der Waals surface area (Å²) in [5.41, 5.74) is 1.73. The van der Waals surface area contributed by atoms with Crippen molar-refractivity contribution in [2.24, 2.45) is 5.92 Å². The van der Waals surface area contributed by atoms with E-state index in [1.165, 1.54) is 0 Å². The molecule has 0 aliphatic rings. The molecule has 18 heavy (non-hydrogen) atoms. The Morgan fingerprint density at radius 2 is 2.11 bits per heavy atom. The molecule has 0 unspecified atom stereocenters. The highest BCUT2D eigenvalue weighted by molar-refractivity contribution is 9.10. The molecule has 0 spiro atoms. The molecule has 1 aromatic carbocycles. The zero-order chi connectivity index (χ0) is 13.5. The Morgan fingerprint density at radius 1 is 1.39 bits per heavy atom. The number of carbonyl (C=O) groups excluding carboxylic acids is 1. The van der Waals surface area contributed by atoms with E-state index in [0.29, 0.717) is 24.6 Å². The van der Waals surface area contributed by atoms with Gasteiger partial charge in [0.25, 0.3) is 5.91 Å². The highest BCUT2D eigenvalue weighted by Gasteiger charge is 2.06. The van der Waals surface area contributed by atoms with Gasteiger partial charge in [0.15, 0.2) is 0 Å². The summed E-state index contributed by atoms with van der Waals surface area (Å²) in [5.74, 6) is 0.459. The molecule has 0 atom stereocenters. The second-order valence-electron chi connectivity index (χ2n) is 4.74. The van der Waals surface area contributed by atoms with Crippen molar-refractivity contribution >= 4 is 21.8 Å². The SMILES string of the molecule is Cc1cc(Br)cc(C(=O)NCCOCC(C)C)c1. The van der Waals surface area contributed by atoms with Gasteiger partial charge >= 0.3 is 0 Å². The molecule has 1 N–H and O–H groups in total. The van der Waals surface area contributed by atoms with Gasteiger partial charge < -0.3 is 10.1 Å². The van der Waals surface area contributed by atoms with Gasteiger partial charge in [-0.1, -0.05) is 29.8 Å². The minimum Gasteiger partial charge on any atom is -0.379 e. The summed E-state index contributed by atoms with van der Waals surface area (Å²) in [5, 5.41) is 2.84. The normalized spacial score (nSPS) is 10.7. The van der Waals surface area contributed by atoms with Gasteiger partial charge in [0.05, 0.1) is 6.61 Å². The van der Waals surface area contributed by atoms with Crippen LogP contribution in [0.2, 0.25) is 0 Å². The Bertz CT molecular complexity index is 385. The van der Waals surface area contributed by atoms with Crippen LogP contribution in [0.1, 0.15) is 29.8 Å². The van der Waals surface area contributed by atoms with Crippen LogP contribution in [0.3, 0.4) is 0 Å². The van der Waals surface area contributed by atoms with E-state index < -0.39 is 0 Å². The van der Waals surface area contributed by atoms with E-state index in [2.05, 4.69) is 35.1 Å². The number of ether oxygens (including phenoxy) is 1. The molecule has 1 aromatic rings. The number of benzene rings is 1. The van der Waals surface area contributed by atoms with Gasteiger partial charge in [0, 0.05) is 23.2 Å². The Balaban J connectivity index is 2.36. The largest absolute Gasteiger partial charge is 0.379 e. The minimum atomic E-state index is -0.0625. The second kappa shape index (κ2) is 7.54. The quantitative estimate of drug-likeness (QED) is 0.819. The lowest BCUT2D eigenvalue weighted by Gasteiger charge is -2.08. The summed E-state index contributed by atoms with van der Waals surface area (Å²) in [6.07, 6.45) is 0. The van der Waals surface area contributed by atoms with Crippen LogP contribution in [0.15, 0.2) is 22.7 Å². The smallest absolute Gasteiger partial charge is 0.251 e. The lowest BCUT2D eigenvalue weighted by atomic mass is 10.1. The molecule has 4 heteroatoms. The van der Waals surface area contributed by atoms with E-state index in [1.807, 2.05) is 25.1 Å². The van der Waals surface area contributed by atoms with Crippen molar-refractivity contribution in [1.29, 1.82) is 0 Å². The van der Waals surface area contributed by atoms with Gasteiger partial charge in [0.1, 0.15) is 0 Å². The van der Waals surface area contributed by atoms with Gasteiger partial charge in [0.2, 0.25) is 0 Å². The number of hydrogen-bond acceptors (Lipinski definition) is 2. The zero-order valence-corrected chi connectivity index (χ0v) is 12.7. The summed E-state index contributed by atoms with van der Waals surface area (Å²) < 4.78 is 6.32. The molecular weight excluding hydrogens is 294 g/mol. The molecule has 0 aromatic heterocycles. The Kier molecular flexibility index (Phi) is 6.36. The van der Waals surface area contributed by atoms with Crippen molar-refractivity contribution in [1.82, 2.24) is 5.32 Å². The average molecular weight is 314 g/mol. The van der Waals surface area contributed by atoms with E-state index in [0.717, 1.165) is 16.6 Å². The highest BCUT2D eigenvalue weighted by atomic mass is 79.9. The molecule has 0 aliphatic heterocycles. The monoisotopic (exact) mass is 313 g/mol. The van der Waals surface area contributed by atoms with Crippen molar-refractivity contribution in [3.05, 3.63) is 33.8 Å². The number of nitrogens with one attached hydrogen (secondary N) is 1. The first-order valence-electron chi connectivity index (χ1n) is 6.12. The van der Waals surface area contributed by atoms with Crippen molar-refractivity contribution < 1.29 is 9.53 Å². The van der Waals surface area contributed by atoms with Crippen LogP contribution in [0.5, 0.6) is 0 Å². The van der Waals surface area contributed by atoms with Crippen molar-refractivity contribution in [2.75, 3.05) is 19.8 Å². The Morgan fingerprint density at radius 3 is 2.72 bits per heavy atom. The summed E-state index contributed by atoms with van der Waals surface area (Å²) >= 11 is 3.39. The van der Waals surface area contributed by atoms with E-state index >= 15 is 0 Å². The Labute approximate surface area is 117 Å². The van der Waals surface area contributed by atoms with Gasteiger partial charge in [-0.15, -0.1) is 0 Å². The third-order valence-corrected chi connectivity index (χ3v) is 2.75. The highest BCUT2D eigenvalue weighted by Crippen LogP contribution is 2.15. The number of aryl methyl sites for hydroxylation is 1. The van der Waals surface area contributed by atoms with Gasteiger partial charge in [-0.25, -0.2) is 0 Å². The molecule has 0 heterocycles. The third-order valence-electron chi connectivity index (χ3n) is 2.29. The van der Waals surface area contributed by atoms with Crippen LogP contribution >= 0.6 is 15.9 Å². The second-order valence-corrected chi connectivity index (χ2v) is 5.66. The molecule has 0 bridgehead atoms. The number of hydrogen-bond donors (Lipinski definition) is 1.